The molecule has 1 fully saturated rings. The molecule has 1 nitrogen and oxygen atoms in total. The standard InChI is InChI=1S/C16H22BrFO/c1-11(2)12-4-3-7-16(19,9-12)10-13-5-6-14(18)8-15(13)17/h5-6,8,11-12,19H,3-4,7,9-10H2,1-2H3. The summed E-state index contributed by atoms with van der Waals surface area (Å²) in [5.74, 6) is 0.966. The Morgan fingerprint density at radius 2 is 2.21 bits per heavy atom. The van der Waals surface area contributed by atoms with Crippen LogP contribution in [0.2, 0.25) is 0 Å². The van der Waals surface area contributed by atoms with Gasteiger partial charge in [0, 0.05) is 10.9 Å². The molecule has 0 amide bonds. The van der Waals surface area contributed by atoms with Crippen molar-refractivity contribution in [1.29, 1.82) is 0 Å². The van der Waals surface area contributed by atoms with Gasteiger partial charge in [-0.05, 0) is 48.8 Å². The normalized spacial score (nSPS) is 27.8. The van der Waals surface area contributed by atoms with Crippen LogP contribution in [-0.2, 0) is 6.42 Å². The van der Waals surface area contributed by atoms with Crippen molar-refractivity contribution in [2.45, 2.75) is 51.6 Å². The molecule has 2 atom stereocenters. The van der Waals surface area contributed by atoms with Crippen LogP contribution in [0.5, 0.6) is 0 Å². The van der Waals surface area contributed by atoms with E-state index in [9.17, 15) is 9.50 Å². The van der Waals surface area contributed by atoms with Crippen LogP contribution in [-0.4, -0.2) is 10.7 Å². The second-order valence-corrected chi connectivity index (χ2v) is 7.09. The van der Waals surface area contributed by atoms with Gasteiger partial charge in [-0.3, -0.25) is 0 Å². The van der Waals surface area contributed by atoms with Crippen LogP contribution >= 0.6 is 15.9 Å². The first-order chi connectivity index (χ1) is 8.89. The molecule has 0 spiro atoms. The van der Waals surface area contributed by atoms with Crippen LogP contribution in [0.25, 0.3) is 0 Å². The predicted octanol–water partition coefficient (Wildman–Crippen LogP) is 4.71. The number of rotatable bonds is 3. The molecule has 1 aliphatic carbocycles. The molecule has 1 saturated carbocycles. The topological polar surface area (TPSA) is 20.2 Å². The monoisotopic (exact) mass is 328 g/mol. The van der Waals surface area contributed by atoms with Crippen LogP contribution in [0, 0.1) is 17.7 Å². The summed E-state index contributed by atoms with van der Waals surface area (Å²) in [6.07, 6.45) is 4.61. The SMILES string of the molecule is CC(C)C1CCCC(O)(Cc2ccc(F)cc2Br)C1. The average molecular weight is 329 g/mol. The highest BCUT2D eigenvalue weighted by Crippen LogP contribution is 2.39. The fourth-order valence-corrected chi connectivity index (χ4v) is 3.63. The molecule has 0 saturated heterocycles. The van der Waals surface area contributed by atoms with E-state index < -0.39 is 5.60 Å². The molecule has 2 rings (SSSR count). The van der Waals surface area contributed by atoms with Gasteiger partial charge in [-0.2, -0.15) is 0 Å². The van der Waals surface area contributed by atoms with Crippen LogP contribution < -0.4 is 0 Å². The molecular weight excluding hydrogens is 307 g/mol. The number of hydrogen-bond donors (Lipinski definition) is 1. The third kappa shape index (κ3) is 3.79. The summed E-state index contributed by atoms with van der Waals surface area (Å²) in [7, 11) is 0. The lowest BCUT2D eigenvalue weighted by atomic mass is 9.71. The van der Waals surface area contributed by atoms with E-state index in [1.165, 1.54) is 18.6 Å². The van der Waals surface area contributed by atoms with Gasteiger partial charge in [0.15, 0.2) is 0 Å². The molecule has 0 radical (unpaired) electrons. The van der Waals surface area contributed by atoms with Crippen molar-refractivity contribution in [3.63, 3.8) is 0 Å². The summed E-state index contributed by atoms with van der Waals surface area (Å²) in [4.78, 5) is 0. The Morgan fingerprint density at radius 3 is 2.84 bits per heavy atom. The minimum absolute atomic E-state index is 0.244. The Labute approximate surface area is 123 Å². The fourth-order valence-electron chi connectivity index (χ4n) is 3.13. The van der Waals surface area contributed by atoms with E-state index in [0.29, 0.717) is 18.3 Å². The van der Waals surface area contributed by atoms with E-state index in [1.54, 1.807) is 6.07 Å². The van der Waals surface area contributed by atoms with Gasteiger partial charge in [0.1, 0.15) is 5.82 Å². The Kier molecular flexibility index (Phi) is 4.67. The van der Waals surface area contributed by atoms with Crippen molar-refractivity contribution in [3.8, 4) is 0 Å². The lowest BCUT2D eigenvalue weighted by Gasteiger charge is -2.39. The van der Waals surface area contributed by atoms with Gasteiger partial charge in [0.05, 0.1) is 5.60 Å². The van der Waals surface area contributed by atoms with Crippen LogP contribution in [0.1, 0.15) is 45.1 Å². The number of benzene rings is 1. The van der Waals surface area contributed by atoms with Crippen LogP contribution in [0.3, 0.4) is 0 Å². The minimum Gasteiger partial charge on any atom is -0.390 e. The third-order valence-corrected chi connectivity index (χ3v) is 5.07. The largest absolute Gasteiger partial charge is 0.390 e. The lowest BCUT2D eigenvalue weighted by Crippen LogP contribution is -2.38. The van der Waals surface area contributed by atoms with E-state index >= 15 is 0 Å². The molecule has 1 aromatic rings. The maximum Gasteiger partial charge on any atom is 0.124 e. The van der Waals surface area contributed by atoms with Gasteiger partial charge in [0.25, 0.3) is 0 Å². The molecule has 0 bridgehead atoms. The molecule has 1 aliphatic rings. The van der Waals surface area contributed by atoms with Gasteiger partial charge in [-0.25, -0.2) is 4.39 Å². The van der Waals surface area contributed by atoms with E-state index in [4.69, 9.17) is 0 Å². The number of halogens is 2. The molecule has 0 aliphatic heterocycles. The molecule has 1 N–H and O–H groups in total. The second-order valence-electron chi connectivity index (χ2n) is 6.24. The maximum atomic E-state index is 13.1. The summed E-state index contributed by atoms with van der Waals surface area (Å²) in [5, 5.41) is 10.8. The van der Waals surface area contributed by atoms with Crippen molar-refractivity contribution in [3.05, 3.63) is 34.1 Å². The first-order valence-corrected chi connectivity index (χ1v) is 7.85. The van der Waals surface area contributed by atoms with Gasteiger partial charge in [-0.15, -0.1) is 0 Å². The first kappa shape index (κ1) is 15.0. The molecule has 3 heteroatoms. The predicted molar refractivity (Wildman–Crippen MR) is 79.5 cm³/mol. The Hall–Kier alpha value is -0.410. The summed E-state index contributed by atoms with van der Waals surface area (Å²) in [6.45, 7) is 4.45. The Morgan fingerprint density at radius 1 is 1.47 bits per heavy atom. The highest BCUT2D eigenvalue weighted by Gasteiger charge is 2.35. The summed E-state index contributed by atoms with van der Waals surface area (Å²) in [5.41, 5.74) is 0.362. The first-order valence-electron chi connectivity index (χ1n) is 7.06. The molecule has 0 heterocycles. The van der Waals surface area contributed by atoms with Crippen molar-refractivity contribution in [2.24, 2.45) is 11.8 Å². The lowest BCUT2D eigenvalue weighted by molar-refractivity contribution is -0.0241. The second kappa shape index (κ2) is 5.92. The molecule has 19 heavy (non-hydrogen) atoms. The highest BCUT2D eigenvalue weighted by molar-refractivity contribution is 9.10. The average Bonchev–Trinajstić information content (AvgIpc) is 2.33. The van der Waals surface area contributed by atoms with E-state index in [2.05, 4.69) is 29.8 Å². The van der Waals surface area contributed by atoms with Gasteiger partial charge < -0.3 is 5.11 Å². The highest BCUT2D eigenvalue weighted by atomic mass is 79.9. The Bertz CT molecular complexity index is 446. The van der Waals surface area contributed by atoms with Crippen molar-refractivity contribution < 1.29 is 9.50 Å². The molecular formula is C16H22BrFO. The van der Waals surface area contributed by atoms with Gasteiger partial charge in [-0.1, -0.05) is 42.3 Å². The molecule has 2 unspecified atom stereocenters. The van der Waals surface area contributed by atoms with E-state index in [1.807, 2.05) is 0 Å². The van der Waals surface area contributed by atoms with Crippen molar-refractivity contribution in [1.82, 2.24) is 0 Å². The molecule has 106 valence electrons. The van der Waals surface area contributed by atoms with E-state index in [-0.39, 0.29) is 5.82 Å². The van der Waals surface area contributed by atoms with Crippen molar-refractivity contribution in [2.75, 3.05) is 0 Å². The fraction of sp³-hybridized carbons (Fsp3) is 0.625. The quantitative estimate of drug-likeness (QED) is 0.852. The smallest absolute Gasteiger partial charge is 0.124 e. The molecule has 1 aromatic carbocycles. The third-order valence-electron chi connectivity index (χ3n) is 4.34. The summed E-state index contributed by atoms with van der Waals surface area (Å²) in [6, 6.07) is 4.71. The maximum absolute atomic E-state index is 13.1. The summed E-state index contributed by atoms with van der Waals surface area (Å²) < 4.78 is 13.9. The Balaban J connectivity index is 2.12. The summed E-state index contributed by atoms with van der Waals surface area (Å²) >= 11 is 3.39. The minimum atomic E-state index is -0.631. The zero-order valence-corrected chi connectivity index (χ0v) is 13.2. The van der Waals surface area contributed by atoms with Gasteiger partial charge >= 0.3 is 0 Å². The molecule has 0 aromatic heterocycles. The zero-order valence-electron chi connectivity index (χ0n) is 11.6. The van der Waals surface area contributed by atoms with Crippen LogP contribution in [0.15, 0.2) is 22.7 Å². The van der Waals surface area contributed by atoms with Gasteiger partial charge in [0.2, 0.25) is 0 Å². The number of aliphatic hydroxyl groups is 1. The zero-order chi connectivity index (χ0) is 14.0. The van der Waals surface area contributed by atoms with E-state index in [0.717, 1.165) is 29.3 Å². The van der Waals surface area contributed by atoms with Crippen molar-refractivity contribution >= 4 is 15.9 Å². The van der Waals surface area contributed by atoms with Crippen LogP contribution in [0.4, 0.5) is 4.39 Å². The number of hydrogen-bond acceptors (Lipinski definition) is 1.